The summed E-state index contributed by atoms with van der Waals surface area (Å²) in [5.41, 5.74) is 1.45. The molecule has 0 aromatic carbocycles. The molecule has 4 heterocycles. The fourth-order valence-corrected chi connectivity index (χ4v) is 3.09. The minimum Gasteiger partial charge on any atom is -0.476 e. The number of hydrogen-bond donors (Lipinski definition) is 0. The number of piperidine rings is 1. The van der Waals surface area contributed by atoms with Gasteiger partial charge in [0.2, 0.25) is 5.88 Å². The zero-order chi connectivity index (χ0) is 17.2. The first kappa shape index (κ1) is 15.6. The van der Waals surface area contributed by atoms with Crippen LogP contribution in [0, 0.1) is 5.92 Å². The van der Waals surface area contributed by atoms with Crippen LogP contribution in [0.2, 0.25) is 0 Å². The molecule has 1 fully saturated rings. The highest BCUT2D eigenvalue weighted by Crippen LogP contribution is 2.20. The molecule has 4 rings (SSSR count). The van der Waals surface area contributed by atoms with Crippen molar-refractivity contribution in [3.8, 4) is 5.88 Å². The molecule has 0 atom stereocenters. The van der Waals surface area contributed by atoms with E-state index in [1.165, 1.54) is 0 Å². The third-order valence-corrected chi connectivity index (χ3v) is 4.55. The lowest BCUT2D eigenvalue weighted by Crippen LogP contribution is -2.39. The maximum absolute atomic E-state index is 12.4. The van der Waals surface area contributed by atoms with E-state index in [0.29, 0.717) is 24.0 Å². The van der Waals surface area contributed by atoms with Gasteiger partial charge in [0, 0.05) is 44.8 Å². The van der Waals surface area contributed by atoms with Crippen molar-refractivity contribution < 1.29 is 9.53 Å². The standard InChI is InChI=1S/C17H20N6O2/c1-21-11-14(10-19-21)17(24)22-7-4-13(5-8-22)12-25-16-3-2-15-18-6-9-23(15)20-16/h2-3,6,9-11,13H,4-5,7-8,12H2,1H3. The molecule has 1 aliphatic rings. The van der Waals surface area contributed by atoms with Gasteiger partial charge in [-0.15, -0.1) is 5.10 Å². The molecule has 0 saturated carbocycles. The van der Waals surface area contributed by atoms with Crippen LogP contribution in [0.5, 0.6) is 5.88 Å². The molecule has 3 aromatic heterocycles. The molecule has 1 saturated heterocycles. The van der Waals surface area contributed by atoms with Gasteiger partial charge < -0.3 is 9.64 Å². The van der Waals surface area contributed by atoms with E-state index < -0.39 is 0 Å². The first-order valence-corrected chi connectivity index (χ1v) is 8.40. The summed E-state index contributed by atoms with van der Waals surface area (Å²) in [4.78, 5) is 18.5. The molecule has 25 heavy (non-hydrogen) atoms. The third kappa shape index (κ3) is 3.33. The Morgan fingerprint density at radius 2 is 2.16 bits per heavy atom. The quantitative estimate of drug-likeness (QED) is 0.717. The Kier molecular flexibility index (Phi) is 4.09. The molecule has 3 aromatic rings. The lowest BCUT2D eigenvalue weighted by Gasteiger charge is -2.31. The van der Waals surface area contributed by atoms with Crippen molar-refractivity contribution in [3.63, 3.8) is 0 Å². The molecule has 1 amide bonds. The van der Waals surface area contributed by atoms with Crippen molar-refractivity contribution in [1.82, 2.24) is 29.3 Å². The fraction of sp³-hybridized carbons (Fsp3) is 0.412. The summed E-state index contributed by atoms with van der Waals surface area (Å²) in [5, 5.41) is 8.43. The summed E-state index contributed by atoms with van der Waals surface area (Å²) >= 11 is 0. The van der Waals surface area contributed by atoms with Gasteiger partial charge in [0.05, 0.1) is 18.4 Å². The minimum absolute atomic E-state index is 0.0553. The summed E-state index contributed by atoms with van der Waals surface area (Å²) in [7, 11) is 1.82. The molecule has 0 unspecified atom stereocenters. The number of amides is 1. The molecule has 1 aliphatic heterocycles. The molecule has 0 spiro atoms. The smallest absolute Gasteiger partial charge is 0.257 e. The number of rotatable bonds is 4. The van der Waals surface area contributed by atoms with Crippen LogP contribution in [0.15, 0.2) is 36.9 Å². The first-order valence-electron chi connectivity index (χ1n) is 8.40. The van der Waals surface area contributed by atoms with E-state index in [0.717, 1.165) is 31.6 Å². The van der Waals surface area contributed by atoms with Crippen molar-refractivity contribution in [2.75, 3.05) is 19.7 Å². The second kappa shape index (κ2) is 6.54. The monoisotopic (exact) mass is 340 g/mol. The Bertz CT molecular complexity index is 878. The third-order valence-electron chi connectivity index (χ3n) is 4.55. The van der Waals surface area contributed by atoms with Gasteiger partial charge in [-0.05, 0) is 24.8 Å². The average Bonchev–Trinajstić information content (AvgIpc) is 3.28. The van der Waals surface area contributed by atoms with Crippen molar-refractivity contribution >= 4 is 11.6 Å². The van der Waals surface area contributed by atoms with Crippen LogP contribution < -0.4 is 4.74 Å². The first-order chi connectivity index (χ1) is 12.2. The number of imidazole rings is 1. The van der Waals surface area contributed by atoms with E-state index >= 15 is 0 Å². The van der Waals surface area contributed by atoms with Crippen molar-refractivity contribution in [3.05, 3.63) is 42.5 Å². The topological polar surface area (TPSA) is 77.5 Å². The maximum Gasteiger partial charge on any atom is 0.257 e. The zero-order valence-corrected chi connectivity index (χ0v) is 14.1. The summed E-state index contributed by atoms with van der Waals surface area (Å²) in [5.74, 6) is 1.08. The van der Waals surface area contributed by atoms with E-state index in [4.69, 9.17) is 4.74 Å². The van der Waals surface area contributed by atoms with Crippen molar-refractivity contribution in [2.24, 2.45) is 13.0 Å². The Morgan fingerprint density at radius 1 is 1.32 bits per heavy atom. The van der Waals surface area contributed by atoms with Crippen LogP contribution >= 0.6 is 0 Å². The number of aromatic nitrogens is 5. The van der Waals surface area contributed by atoms with E-state index in [9.17, 15) is 4.79 Å². The number of fused-ring (bicyclic) bond motifs is 1. The number of hydrogen-bond acceptors (Lipinski definition) is 5. The molecule has 8 nitrogen and oxygen atoms in total. The molecule has 0 radical (unpaired) electrons. The highest BCUT2D eigenvalue weighted by molar-refractivity contribution is 5.93. The number of carbonyl (C=O) groups excluding carboxylic acids is 1. The minimum atomic E-state index is 0.0553. The van der Waals surface area contributed by atoms with Gasteiger partial charge >= 0.3 is 0 Å². The van der Waals surface area contributed by atoms with Crippen LogP contribution in [-0.4, -0.2) is 54.9 Å². The van der Waals surface area contributed by atoms with Crippen LogP contribution in [0.1, 0.15) is 23.2 Å². The van der Waals surface area contributed by atoms with Crippen LogP contribution in [-0.2, 0) is 7.05 Å². The van der Waals surface area contributed by atoms with Crippen LogP contribution in [0.25, 0.3) is 5.65 Å². The van der Waals surface area contributed by atoms with Gasteiger partial charge in [0.15, 0.2) is 5.65 Å². The largest absolute Gasteiger partial charge is 0.476 e. The predicted molar refractivity (Wildman–Crippen MR) is 90.3 cm³/mol. The lowest BCUT2D eigenvalue weighted by molar-refractivity contribution is 0.0659. The van der Waals surface area contributed by atoms with E-state index in [-0.39, 0.29) is 5.91 Å². The second-order valence-electron chi connectivity index (χ2n) is 6.35. The Hall–Kier alpha value is -2.90. The molecule has 8 heteroatoms. The molecule has 0 N–H and O–H groups in total. The number of nitrogens with zero attached hydrogens (tertiary/aromatic N) is 6. The number of ether oxygens (including phenoxy) is 1. The highest BCUT2D eigenvalue weighted by atomic mass is 16.5. The fourth-order valence-electron chi connectivity index (χ4n) is 3.09. The number of aryl methyl sites for hydroxylation is 1. The Balaban J connectivity index is 1.29. The van der Waals surface area contributed by atoms with Gasteiger partial charge in [-0.2, -0.15) is 5.10 Å². The average molecular weight is 340 g/mol. The predicted octanol–water partition coefficient (Wildman–Crippen LogP) is 1.39. The van der Waals surface area contributed by atoms with Crippen molar-refractivity contribution in [2.45, 2.75) is 12.8 Å². The molecule has 0 bridgehead atoms. The van der Waals surface area contributed by atoms with Gasteiger partial charge in [-0.25, -0.2) is 9.50 Å². The number of carbonyl (C=O) groups is 1. The van der Waals surface area contributed by atoms with Crippen LogP contribution in [0.4, 0.5) is 0 Å². The normalized spacial score (nSPS) is 15.6. The summed E-state index contributed by atoms with van der Waals surface area (Å²) in [6.07, 6.45) is 8.75. The van der Waals surface area contributed by atoms with Crippen molar-refractivity contribution in [1.29, 1.82) is 0 Å². The van der Waals surface area contributed by atoms with Gasteiger partial charge in [-0.3, -0.25) is 9.48 Å². The molecular weight excluding hydrogens is 320 g/mol. The number of likely N-dealkylation sites (tertiary alicyclic amines) is 1. The van der Waals surface area contributed by atoms with E-state index in [1.807, 2.05) is 24.1 Å². The second-order valence-corrected chi connectivity index (χ2v) is 6.35. The summed E-state index contributed by atoms with van der Waals surface area (Å²) < 4.78 is 9.18. The Labute approximate surface area is 145 Å². The molecule has 130 valence electrons. The SMILES string of the molecule is Cn1cc(C(=O)N2CCC(COc3ccc4nccn4n3)CC2)cn1. The molecule has 0 aliphatic carbocycles. The highest BCUT2D eigenvalue weighted by Gasteiger charge is 2.24. The maximum atomic E-state index is 12.4. The summed E-state index contributed by atoms with van der Waals surface area (Å²) in [6.45, 7) is 2.10. The lowest BCUT2D eigenvalue weighted by atomic mass is 9.97. The van der Waals surface area contributed by atoms with Crippen LogP contribution in [0.3, 0.4) is 0 Å². The zero-order valence-electron chi connectivity index (χ0n) is 14.1. The van der Waals surface area contributed by atoms with Gasteiger partial charge in [-0.1, -0.05) is 0 Å². The van der Waals surface area contributed by atoms with E-state index in [1.54, 1.807) is 34.0 Å². The Morgan fingerprint density at radius 3 is 2.92 bits per heavy atom. The molecular formula is C17H20N6O2. The summed E-state index contributed by atoms with van der Waals surface area (Å²) in [6, 6.07) is 3.72. The van der Waals surface area contributed by atoms with Gasteiger partial charge in [0.25, 0.3) is 5.91 Å². The van der Waals surface area contributed by atoms with Gasteiger partial charge in [0.1, 0.15) is 0 Å². The van der Waals surface area contributed by atoms with E-state index in [2.05, 4.69) is 15.2 Å².